The van der Waals surface area contributed by atoms with E-state index in [1.54, 1.807) is 6.08 Å². The second-order valence-corrected chi connectivity index (χ2v) is 9.31. The van der Waals surface area contributed by atoms with E-state index in [9.17, 15) is 14.0 Å². The second-order valence-electron chi connectivity index (χ2n) is 6.99. The topological polar surface area (TPSA) is 46.6 Å². The van der Waals surface area contributed by atoms with Crippen LogP contribution in [0.1, 0.15) is 16.7 Å². The van der Waals surface area contributed by atoms with Crippen LogP contribution in [0.25, 0.3) is 6.08 Å². The lowest BCUT2D eigenvalue weighted by Crippen LogP contribution is -2.27. The molecule has 1 aliphatic heterocycles. The number of nitrogens with zero attached hydrogens (tertiary/aromatic N) is 1. The van der Waals surface area contributed by atoms with Crippen molar-refractivity contribution < 1.29 is 18.7 Å². The van der Waals surface area contributed by atoms with E-state index >= 15 is 0 Å². The van der Waals surface area contributed by atoms with Gasteiger partial charge in [-0.05, 0) is 70.9 Å². The molecule has 4 nitrogen and oxygen atoms in total. The van der Waals surface area contributed by atoms with Crippen molar-refractivity contribution in [3.63, 3.8) is 0 Å². The van der Waals surface area contributed by atoms with Gasteiger partial charge in [-0.1, -0.05) is 57.9 Å². The van der Waals surface area contributed by atoms with E-state index in [1.165, 1.54) is 12.1 Å². The largest absolute Gasteiger partial charge is 0.489 e. The fourth-order valence-corrected chi connectivity index (χ4v) is 4.38. The number of carbonyl (C=O) groups is 2. The lowest BCUT2D eigenvalue weighted by atomic mass is 10.2. The Labute approximate surface area is 202 Å². The van der Waals surface area contributed by atoms with Crippen LogP contribution in [0.4, 0.5) is 9.18 Å². The van der Waals surface area contributed by atoms with E-state index in [0.717, 1.165) is 38.3 Å². The molecule has 1 aliphatic rings. The highest BCUT2D eigenvalue weighted by molar-refractivity contribution is 9.10. The highest BCUT2D eigenvalue weighted by Crippen LogP contribution is 2.34. The van der Waals surface area contributed by atoms with Gasteiger partial charge in [0.25, 0.3) is 11.1 Å². The van der Waals surface area contributed by atoms with Crippen LogP contribution in [0, 0.1) is 5.82 Å². The summed E-state index contributed by atoms with van der Waals surface area (Å²) >= 11 is 10.3. The first-order valence-electron chi connectivity index (χ1n) is 9.55. The van der Waals surface area contributed by atoms with E-state index in [4.69, 9.17) is 16.3 Å². The molecule has 162 valence electrons. The molecule has 0 aliphatic carbocycles. The molecule has 0 bridgehead atoms. The van der Waals surface area contributed by atoms with Gasteiger partial charge in [-0.15, -0.1) is 0 Å². The van der Waals surface area contributed by atoms with Crippen LogP contribution >= 0.6 is 39.3 Å². The Hall–Kier alpha value is -2.61. The van der Waals surface area contributed by atoms with Crippen molar-refractivity contribution in [2.45, 2.75) is 13.2 Å². The van der Waals surface area contributed by atoms with Crippen LogP contribution in [0.2, 0.25) is 5.02 Å². The Balaban J connectivity index is 1.46. The summed E-state index contributed by atoms with van der Waals surface area (Å²) in [4.78, 5) is 26.6. The molecule has 0 unspecified atom stereocenters. The Morgan fingerprint density at radius 3 is 2.59 bits per heavy atom. The molecule has 8 heteroatoms. The summed E-state index contributed by atoms with van der Waals surface area (Å²) in [7, 11) is 0. The van der Waals surface area contributed by atoms with E-state index in [0.29, 0.717) is 22.8 Å². The number of rotatable bonds is 6. The third kappa shape index (κ3) is 5.41. The van der Waals surface area contributed by atoms with Gasteiger partial charge < -0.3 is 4.74 Å². The molecule has 0 saturated carbocycles. The molecule has 0 radical (unpaired) electrons. The molecule has 0 aromatic heterocycles. The van der Waals surface area contributed by atoms with Crippen LogP contribution in [-0.4, -0.2) is 16.0 Å². The number of hydrogen-bond donors (Lipinski definition) is 0. The summed E-state index contributed by atoms with van der Waals surface area (Å²) in [6.45, 7) is 0.392. The monoisotopic (exact) mass is 531 g/mol. The fraction of sp³-hybridized carbons (Fsp3) is 0.0833. The SMILES string of the molecule is O=C1S/C(=C\c2cccc(OCc3ccc(Br)cc3)c2)C(=O)N1Cc1ccc(F)cc1Cl. The number of amides is 2. The van der Waals surface area contributed by atoms with Crippen LogP contribution in [0.15, 0.2) is 76.1 Å². The van der Waals surface area contributed by atoms with Crippen LogP contribution < -0.4 is 4.74 Å². The second kappa shape index (κ2) is 9.90. The van der Waals surface area contributed by atoms with Gasteiger partial charge in [-0.2, -0.15) is 0 Å². The molecule has 3 aromatic carbocycles. The minimum Gasteiger partial charge on any atom is -0.489 e. The maximum absolute atomic E-state index is 13.3. The summed E-state index contributed by atoms with van der Waals surface area (Å²) in [5.41, 5.74) is 2.27. The summed E-state index contributed by atoms with van der Waals surface area (Å²) in [6.07, 6.45) is 1.66. The average molecular weight is 533 g/mol. The predicted octanol–water partition coefficient (Wildman–Crippen LogP) is 7.06. The number of halogens is 3. The fourth-order valence-electron chi connectivity index (χ4n) is 3.05. The third-order valence-corrected chi connectivity index (χ3v) is 6.48. The lowest BCUT2D eigenvalue weighted by Gasteiger charge is -2.13. The number of benzene rings is 3. The van der Waals surface area contributed by atoms with Crippen LogP contribution in [0.5, 0.6) is 5.75 Å². The van der Waals surface area contributed by atoms with E-state index < -0.39 is 17.0 Å². The molecule has 1 heterocycles. The van der Waals surface area contributed by atoms with Crippen molar-refractivity contribution in [1.82, 2.24) is 4.90 Å². The Kier molecular flexibility index (Phi) is 6.98. The molecule has 2 amide bonds. The zero-order valence-corrected chi connectivity index (χ0v) is 19.7. The standard InChI is InChI=1S/C24H16BrClFNO3S/c25-18-7-4-15(5-8-18)14-31-20-3-1-2-16(10-20)11-22-23(29)28(24(30)32-22)13-17-6-9-19(27)12-21(17)26/h1-12H,13-14H2/b22-11-. The molecule has 0 atom stereocenters. The number of carbonyl (C=O) groups excluding carboxylic acids is 2. The molecule has 0 spiro atoms. The highest BCUT2D eigenvalue weighted by Gasteiger charge is 2.35. The molecule has 1 fully saturated rings. The maximum atomic E-state index is 13.3. The Morgan fingerprint density at radius 1 is 1.06 bits per heavy atom. The van der Waals surface area contributed by atoms with Gasteiger partial charge in [0.15, 0.2) is 0 Å². The zero-order chi connectivity index (χ0) is 22.7. The summed E-state index contributed by atoms with van der Waals surface area (Å²) in [5.74, 6) is -0.240. The summed E-state index contributed by atoms with van der Waals surface area (Å²) in [5, 5.41) is -0.229. The molecule has 1 saturated heterocycles. The average Bonchev–Trinajstić information content (AvgIpc) is 3.02. The first kappa shape index (κ1) is 22.6. The van der Waals surface area contributed by atoms with Gasteiger partial charge in [0.2, 0.25) is 0 Å². The molecule has 32 heavy (non-hydrogen) atoms. The van der Waals surface area contributed by atoms with E-state index in [1.807, 2.05) is 48.5 Å². The summed E-state index contributed by atoms with van der Waals surface area (Å²) in [6, 6.07) is 19.0. The number of ether oxygens (including phenoxy) is 1. The number of imide groups is 1. The van der Waals surface area contributed by atoms with Gasteiger partial charge >= 0.3 is 0 Å². The molecule has 4 rings (SSSR count). The van der Waals surface area contributed by atoms with Crippen molar-refractivity contribution in [2.75, 3.05) is 0 Å². The first-order valence-corrected chi connectivity index (χ1v) is 11.5. The van der Waals surface area contributed by atoms with Gasteiger partial charge in [0.05, 0.1) is 11.4 Å². The van der Waals surface area contributed by atoms with Gasteiger partial charge in [-0.3, -0.25) is 14.5 Å². The minimum atomic E-state index is -0.477. The van der Waals surface area contributed by atoms with Gasteiger partial charge in [0.1, 0.15) is 18.2 Å². The van der Waals surface area contributed by atoms with Crippen molar-refractivity contribution >= 4 is 56.5 Å². The van der Waals surface area contributed by atoms with E-state index in [-0.39, 0.29) is 11.6 Å². The lowest BCUT2D eigenvalue weighted by molar-refractivity contribution is -0.123. The number of hydrogen-bond acceptors (Lipinski definition) is 4. The Bertz CT molecular complexity index is 1220. The maximum Gasteiger partial charge on any atom is 0.293 e. The normalized spacial score (nSPS) is 15.0. The quantitative estimate of drug-likeness (QED) is 0.319. The summed E-state index contributed by atoms with van der Waals surface area (Å²) < 4.78 is 20.1. The third-order valence-electron chi connectivity index (χ3n) is 4.69. The number of thioether (sulfide) groups is 1. The minimum absolute atomic E-state index is 0.0164. The molecule has 0 N–H and O–H groups in total. The molecular formula is C24H16BrClFNO3S. The van der Waals surface area contributed by atoms with Crippen molar-refractivity contribution in [3.8, 4) is 5.75 Å². The van der Waals surface area contributed by atoms with Gasteiger partial charge in [-0.25, -0.2) is 4.39 Å². The smallest absolute Gasteiger partial charge is 0.293 e. The van der Waals surface area contributed by atoms with Crippen LogP contribution in [-0.2, 0) is 17.9 Å². The first-order chi connectivity index (χ1) is 15.4. The molecular weight excluding hydrogens is 517 g/mol. The van der Waals surface area contributed by atoms with Crippen molar-refractivity contribution in [2.24, 2.45) is 0 Å². The van der Waals surface area contributed by atoms with E-state index in [2.05, 4.69) is 15.9 Å². The van der Waals surface area contributed by atoms with Gasteiger partial charge in [0, 0.05) is 9.50 Å². The van der Waals surface area contributed by atoms with Crippen LogP contribution in [0.3, 0.4) is 0 Å². The predicted molar refractivity (Wildman–Crippen MR) is 128 cm³/mol. The van der Waals surface area contributed by atoms with Crippen molar-refractivity contribution in [3.05, 3.63) is 104 Å². The molecule has 3 aromatic rings. The zero-order valence-electron chi connectivity index (χ0n) is 16.6. The highest BCUT2D eigenvalue weighted by atomic mass is 79.9. The van der Waals surface area contributed by atoms with Crippen molar-refractivity contribution in [1.29, 1.82) is 0 Å². The Morgan fingerprint density at radius 2 is 1.84 bits per heavy atom.